The third-order valence-corrected chi connectivity index (χ3v) is 4.07. The summed E-state index contributed by atoms with van der Waals surface area (Å²) in [5, 5.41) is 14.8. The summed E-state index contributed by atoms with van der Waals surface area (Å²) in [7, 11) is 3.18. The van der Waals surface area contributed by atoms with Gasteiger partial charge in [-0.3, -0.25) is 4.79 Å². The summed E-state index contributed by atoms with van der Waals surface area (Å²) in [6.45, 7) is 0.655. The molecule has 3 rings (SSSR count). The number of amides is 1. The zero-order chi connectivity index (χ0) is 20.5. The Hall–Kier alpha value is -3.62. The standard InChI is InChI=1S/C20H23N5O4/c1-27-17-9-8-15(12-18(17)28-2)10-11-21-20(26)13-25-23-19(22-24-25)14-29-16-6-4-3-5-7-16/h3-9,12H,10-11,13-14H2,1-2H3,(H,21,26). The maximum atomic E-state index is 12.1. The molecule has 1 N–H and O–H groups in total. The van der Waals surface area contributed by atoms with Gasteiger partial charge in [0.1, 0.15) is 12.3 Å². The summed E-state index contributed by atoms with van der Waals surface area (Å²) in [6, 6.07) is 15.0. The highest BCUT2D eigenvalue weighted by Crippen LogP contribution is 2.27. The molecule has 152 valence electrons. The molecular weight excluding hydrogens is 374 g/mol. The van der Waals surface area contributed by atoms with Gasteiger partial charge in [-0.1, -0.05) is 24.3 Å². The number of nitrogens with zero attached hydrogens (tertiary/aromatic N) is 4. The molecule has 9 heteroatoms. The van der Waals surface area contributed by atoms with Gasteiger partial charge >= 0.3 is 0 Å². The van der Waals surface area contributed by atoms with Gasteiger partial charge in [-0.2, -0.15) is 4.80 Å². The van der Waals surface area contributed by atoms with Gasteiger partial charge in [-0.05, 0) is 41.5 Å². The number of carbonyl (C=O) groups is 1. The Kier molecular flexibility index (Phi) is 6.99. The predicted molar refractivity (Wildman–Crippen MR) is 105 cm³/mol. The normalized spacial score (nSPS) is 10.4. The smallest absolute Gasteiger partial charge is 0.243 e. The van der Waals surface area contributed by atoms with Crippen molar-refractivity contribution < 1.29 is 19.0 Å². The van der Waals surface area contributed by atoms with E-state index in [2.05, 4.69) is 20.7 Å². The predicted octanol–water partition coefficient (Wildman–Crippen LogP) is 1.63. The molecule has 0 aliphatic carbocycles. The average molecular weight is 397 g/mol. The Bertz CT molecular complexity index is 930. The van der Waals surface area contributed by atoms with Crippen molar-refractivity contribution in [3.63, 3.8) is 0 Å². The van der Waals surface area contributed by atoms with Crippen molar-refractivity contribution in [1.82, 2.24) is 25.5 Å². The van der Waals surface area contributed by atoms with Crippen LogP contribution in [0.15, 0.2) is 48.5 Å². The van der Waals surface area contributed by atoms with Crippen molar-refractivity contribution >= 4 is 5.91 Å². The number of para-hydroxylation sites is 1. The van der Waals surface area contributed by atoms with Crippen LogP contribution in [-0.4, -0.2) is 46.9 Å². The summed E-state index contributed by atoms with van der Waals surface area (Å²) < 4.78 is 16.1. The number of benzene rings is 2. The first-order chi connectivity index (χ1) is 14.2. The van der Waals surface area contributed by atoms with Crippen LogP contribution in [0.4, 0.5) is 0 Å². The molecule has 0 unspecified atom stereocenters. The zero-order valence-corrected chi connectivity index (χ0v) is 16.4. The van der Waals surface area contributed by atoms with E-state index in [0.717, 1.165) is 11.3 Å². The van der Waals surface area contributed by atoms with Gasteiger partial charge in [-0.25, -0.2) is 0 Å². The number of methoxy groups -OCH3 is 2. The van der Waals surface area contributed by atoms with Gasteiger partial charge < -0.3 is 19.5 Å². The minimum Gasteiger partial charge on any atom is -0.493 e. The van der Waals surface area contributed by atoms with E-state index >= 15 is 0 Å². The molecule has 1 aromatic heterocycles. The molecule has 0 fully saturated rings. The second-order valence-corrected chi connectivity index (χ2v) is 6.13. The first kappa shape index (κ1) is 20.1. The van der Waals surface area contributed by atoms with E-state index in [4.69, 9.17) is 14.2 Å². The fourth-order valence-corrected chi connectivity index (χ4v) is 2.63. The Morgan fingerprint density at radius 2 is 1.86 bits per heavy atom. The molecule has 0 aliphatic rings. The summed E-state index contributed by atoms with van der Waals surface area (Å²) in [4.78, 5) is 13.3. The third kappa shape index (κ3) is 5.93. The van der Waals surface area contributed by atoms with Gasteiger partial charge in [0.05, 0.1) is 14.2 Å². The fraction of sp³-hybridized carbons (Fsp3) is 0.300. The molecule has 9 nitrogen and oxygen atoms in total. The fourth-order valence-electron chi connectivity index (χ4n) is 2.63. The van der Waals surface area contributed by atoms with Gasteiger partial charge in [0.15, 0.2) is 18.1 Å². The molecule has 0 bridgehead atoms. The Morgan fingerprint density at radius 1 is 1.07 bits per heavy atom. The van der Waals surface area contributed by atoms with Crippen LogP contribution in [0.2, 0.25) is 0 Å². The Morgan fingerprint density at radius 3 is 2.62 bits per heavy atom. The van der Waals surface area contributed by atoms with E-state index in [-0.39, 0.29) is 19.1 Å². The van der Waals surface area contributed by atoms with Crippen molar-refractivity contribution in [3.8, 4) is 17.2 Å². The van der Waals surface area contributed by atoms with Gasteiger partial charge in [0, 0.05) is 6.54 Å². The van der Waals surface area contributed by atoms with Crippen LogP contribution in [0.1, 0.15) is 11.4 Å². The molecule has 0 spiro atoms. The number of aromatic nitrogens is 4. The number of nitrogens with one attached hydrogen (secondary N) is 1. The molecular formula is C20H23N5O4. The minimum absolute atomic E-state index is 0.00965. The van der Waals surface area contributed by atoms with Crippen molar-refractivity contribution in [3.05, 3.63) is 59.9 Å². The van der Waals surface area contributed by atoms with Gasteiger partial charge in [-0.15, -0.1) is 10.2 Å². The highest BCUT2D eigenvalue weighted by Gasteiger charge is 2.09. The number of rotatable bonds is 10. The van der Waals surface area contributed by atoms with Crippen molar-refractivity contribution in [2.45, 2.75) is 19.6 Å². The minimum atomic E-state index is -0.196. The molecule has 0 saturated carbocycles. The first-order valence-electron chi connectivity index (χ1n) is 9.10. The number of tetrazole rings is 1. The SMILES string of the molecule is COc1ccc(CCNC(=O)Cn2nnc(COc3ccccc3)n2)cc1OC. The highest BCUT2D eigenvalue weighted by molar-refractivity contribution is 5.75. The average Bonchev–Trinajstić information content (AvgIpc) is 3.20. The molecule has 0 aliphatic heterocycles. The van der Waals surface area contributed by atoms with Crippen LogP contribution in [0.3, 0.4) is 0 Å². The van der Waals surface area contributed by atoms with Crippen molar-refractivity contribution in [2.75, 3.05) is 20.8 Å². The quantitative estimate of drug-likeness (QED) is 0.555. The third-order valence-electron chi connectivity index (χ3n) is 4.07. The second kappa shape index (κ2) is 10.1. The largest absolute Gasteiger partial charge is 0.493 e. The van der Waals surface area contributed by atoms with E-state index in [0.29, 0.717) is 30.3 Å². The summed E-state index contributed by atoms with van der Waals surface area (Å²) >= 11 is 0. The monoisotopic (exact) mass is 397 g/mol. The lowest BCUT2D eigenvalue weighted by Gasteiger charge is -2.10. The van der Waals surface area contributed by atoms with Crippen LogP contribution in [0.5, 0.6) is 17.2 Å². The van der Waals surface area contributed by atoms with E-state index in [1.807, 2.05) is 48.5 Å². The van der Waals surface area contributed by atoms with Crippen LogP contribution in [-0.2, 0) is 24.4 Å². The van der Waals surface area contributed by atoms with E-state index < -0.39 is 0 Å². The zero-order valence-electron chi connectivity index (χ0n) is 16.4. The molecule has 0 saturated heterocycles. The molecule has 0 radical (unpaired) electrons. The molecule has 1 amide bonds. The lowest BCUT2D eigenvalue weighted by molar-refractivity contribution is -0.122. The molecule has 0 atom stereocenters. The molecule has 2 aromatic carbocycles. The highest BCUT2D eigenvalue weighted by atomic mass is 16.5. The number of ether oxygens (including phenoxy) is 3. The van der Waals surface area contributed by atoms with Gasteiger partial charge in [0.25, 0.3) is 0 Å². The summed E-state index contributed by atoms with van der Waals surface area (Å²) in [5.41, 5.74) is 1.03. The maximum Gasteiger partial charge on any atom is 0.243 e. The van der Waals surface area contributed by atoms with Crippen molar-refractivity contribution in [2.24, 2.45) is 0 Å². The number of hydrogen-bond acceptors (Lipinski definition) is 7. The molecule has 3 aromatic rings. The molecule has 29 heavy (non-hydrogen) atoms. The van der Waals surface area contributed by atoms with E-state index in [1.165, 1.54) is 4.80 Å². The first-order valence-corrected chi connectivity index (χ1v) is 9.10. The van der Waals surface area contributed by atoms with Gasteiger partial charge in [0.2, 0.25) is 11.7 Å². The number of hydrogen-bond donors (Lipinski definition) is 1. The van der Waals surface area contributed by atoms with Crippen molar-refractivity contribution in [1.29, 1.82) is 0 Å². The van der Waals surface area contributed by atoms with E-state index in [9.17, 15) is 4.79 Å². The van der Waals surface area contributed by atoms with E-state index in [1.54, 1.807) is 14.2 Å². The maximum absolute atomic E-state index is 12.1. The van der Waals surface area contributed by atoms with Crippen LogP contribution in [0, 0.1) is 0 Å². The van der Waals surface area contributed by atoms with Crippen LogP contribution >= 0.6 is 0 Å². The van der Waals surface area contributed by atoms with Crippen LogP contribution in [0.25, 0.3) is 0 Å². The second-order valence-electron chi connectivity index (χ2n) is 6.13. The summed E-state index contributed by atoms with van der Waals surface area (Å²) in [5.74, 6) is 2.26. The lowest BCUT2D eigenvalue weighted by atomic mass is 10.1. The Labute approximate surface area is 168 Å². The topological polar surface area (TPSA) is 100 Å². The Balaban J connectivity index is 1.42. The lowest BCUT2D eigenvalue weighted by Crippen LogP contribution is -2.30. The van der Waals surface area contributed by atoms with Crippen LogP contribution < -0.4 is 19.5 Å². The molecule has 1 heterocycles. The summed E-state index contributed by atoms with van der Waals surface area (Å²) in [6.07, 6.45) is 0.660. The number of carbonyl (C=O) groups excluding carboxylic acids is 1.